The third kappa shape index (κ3) is 11.0. The van der Waals surface area contributed by atoms with Crippen LogP contribution in [0.2, 0.25) is 0 Å². The van der Waals surface area contributed by atoms with Gasteiger partial charge in [-0.3, -0.25) is 9.59 Å². The summed E-state index contributed by atoms with van der Waals surface area (Å²) >= 11 is 0. The van der Waals surface area contributed by atoms with Gasteiger partial charge in [0.25, 0.3) is 0 Å². The van der Waals surface area contributed by atoms with E-state index >= 15 is 0 Å². The molecule has 5 saturated heterocycles. The predicted octanol–water partition coefficient (Wildman–Crippen LogP) is -11.6. The van der Waals surface area contributed by atoms with Gasteiger partial charge < -0.3 is 130 Å². The predicted molar refractivity (Wildman–Crippen MR) is 190 cm³/mol. The molecule has 0 spiro atoms. The number of aliphatic hydroxyl groups is 15. The van der Waals surface area contributed by atoms with Crippen LogP contribution in [0.1, 0.15) is 13.8 Å². The second kappa shape index (κ2) is 22.0. The molecule has 25 atom stereocenters. The largest absolute Gasteiger partial charge is 0.394 e. The first-order chi connectivity index (χ1) is 29.3. The molecule has 0 aromatic carbocycles. The first-order valence-corrected chi connectivity index (χ1v) is 19.6. The Balaban J connectivity index is 1.40. The van der Waals surface area contributed by atoms with Crippen molar-refractivity contribution in [3.8, 4) is 0 Å². The molecule has 0 saturated carbocycles. The summed E-state index contributed by atoms with van der Waals surface area (Å²) in [6.45, 7) is -2.29. The minimum Gasteiger partial charge on any atom is -0.394 e. The second-order valence-electron chi connectivity index (χ2n) is 15.5. The average molecular weight is 911 g/mol. The zero-order valence-electron chi connectivity index (χ0n) is 33.2. The number of hydrogen-bond donors (Lipinski definition) is 17. The van der Waals surface area contributed by atoms with E-state index in [9.17, 15) is 86.2 Å². The van der Waals surface area contributed by atoms with Crippen LogP contribution in [-0.4, -0.2) is 275 Å². The lowest BCUT2D eigenvalue weighted by Gasteiger charge is -2.50. The molecule has 5 aliphatic rings. The van der Waals surface area contributed by atoms with Crippen LogP contribution >= 0.6 is 0 Å². The summed E-state index contributed by atoms with van der Waals surface area (Å²) in [5, 5.41) is 163. The van der Waals surface area contributed by atoms with Crippen LogP contribution in [0.5, 0.6) is 0 Å². The van der Waals surface area contributed by atoms with Gasteiger partial charge in [-0.15, -0.1) is 0 Å². The van der Waals surface area contributed by atoms with Gasteiger partial charge in [-0.05, 0) is 0 Å². The van der Waals surface area contributed by atoms with Crippen molar-refractivity contribution in [3.05, 3.63) is 0 Å². The first-order valence-electron chi connectivity index (χ1n) is 19.6. The second-order valence-corrected chi connectivity index (χ2v) is 15.5. The number of aliphatic hydroxyl groups excluding tert-OH is 15. The van der Waals surface area contributed by atoms with Gasteiger partial charge in [0.15, 0.2) is 31.5 Å². The molecule has 360 valence electrons. The molecule has 28 heteroatoms. The number of ether oxygens (including phenoxy) is 9. The molecule has 5 rings (SSSR count). The van der Waals surface area contributed by atoms with Crippen LogP contribution in [0.15, 0.2) is 0 Å². The van der Waals surface area contributed by atoms with Crippen molar-refractivity contribution in [3.63, 3.8) is 0 Å². The fourth-order valence-corrected chi connectivity index (χ4v) is 7.74. The highest BCUT2D eigenvalue weighted by atomic mass is 16.8. The minimum atomic E-state index is -2.19. The number of carbonyl (C=O) groups is 2. The third-order valence-corrected chi connectivity index (χ3v) is 11.1. The highest BCUT2D eigenvalue weighted by molar-refractivity contribution is 5.73. The molecular weight excluding hydrogens is 852 g/mol. The van der Waals surface area contributed by atoms with Crippen molar-refractivity contribution in [2.75, 3.05) is 33.0 Å². The normalized spacial score (nSPS) is 49.0. The summed E-state index contributed by atoms with van der Waals surface area (Å²) in [5.74, 6) is -1.48. The van der Waals surface area contributed by atoms with Gasteiger partial charge in [0.1, 0.15) is 122 Å². The molecular formula is C34H58N2O26. The Morgan fingerprint density at radius 1 is 0.419 bits per heavy atom. The van der Waals surface area contributed by atoms with Gasteiger partial charge >= 0.3 is 0 Å². The van der Waals surface area contributed by atoms with Gasteiger partial charge in [-0.2, -0.15) is 0 Å². The Labute approximate surface area is 351 Å². The Morgan fingerprint density at radius 3 is 1.29 bits per heavy atom. The number of carbonyl (C=O) groups excluding carboxylic acids is 2. The van der Waals surface area contributed by atoms with Crippen molar-refractivity contribution in [1.29, 1.82) is 0 Å². The van der Waals surface area contributed by atoms with Gasteiger partial charge in [0.2, 0.25) is 11.8 Å². The lowest BCUT2D eigenvalue weighted by Crippen LogP contribution is -2.70. The Bertz CT molecular complexity index is 1440. The molecule has 5 fully saturated rings. The highest BCUT2D eigenvalue weighted by Gasteiger charge is 2.56. The molecule has 0 radical (unpaired) electrons. The van der Waals surface area contributed by atoms with E-state index in [0.29, 0.717) is 0 Å². The van der Waals surface area contributed by atoms with Crippen molar-refractivity contribution in [1.82, 2.24) is 10.6 Å². The summed E-state index contributed by atoms with van der Waals surface area (Å²) in [6.07, 6.45) is -42.1. The number of rotatable bonds is 15. The van der Waals surface area contributed by atoms with Crippen LogP contribution < -0.4 is 10.6 Å². The van der Waals surface area contributed by atoms with E-state index in [4.69, 9.17) is 42.6 Å². The zero-order valence-corrected chi connectivity index (χ0v) is 33.2. The number of amides is 2. The quantitative estimate of drug-likeness (QED) is 0.0725. The van der Waals surface area contributed by atoms with E-state index in [-0.39, 0.29) is 0 Å². The van der Waals surface area contributed by atoms with E-state index in [2.05, 4.69) is 10.6 Å². The molecule has 0 aromatic heterocycles. The van der Waals surface area contributed by atoms with Crippen molar-refractivity contribution >= 4 is 11.8 Å². The van der Waals surface area contributed by atoms with E-state index in [1.807, 2.05) is 0 Å². The summed E-state index contributed by atoms with van der Waals surface area (Å²) in [7, 11) is 0. The molecule has 28 nitrogen and oxygen atoms in total. The highest BCUT2D eigenvalue weighted by Crippen LogP contribution is 2.35. The zero-order chi connectivity index (χ0) is 45.9. The first kappa shape index (κ1) is 51.0. The number of hydrogen-bond acceptors (Lipinski definition) is 26. The smallest absolute Gasteiger partial charge is 0.217 e. The van der Waals surface area contributed by atoms with E-state index in [0.717, 1.165) is 13.8 Å². The van der Waals surface area contributed by atoms with Crippen LogP contribution in [0, 0.1) is 0 Å². The Hall–Kier alpha value is -2.02. The molecule has 62 heavy (non-hydrogen) atoms. The standard InChI is InChI=1S/C34H58N2O26/c1-8(41)35-15-19(45)27(12(5-39)55-30(15)53)60-31-16(36-9(2)42)20(46)28(13(6-40)58-31)61-34-26(52)23(49)29(62-33-25(51)22(48)18(44)11(4-38)57-33)14(59-34)7-54-32-24(50)21(47)17(43)10(3-37)56-32/h10-34,37-40,43-53H,3-7H2,1-2H3,(H,35,41)(H,36,42)/t10-,11-,12-,13-,14-,15-,16-,17-,18-,19-,20-,21+,22+,23-,24+,25+,26+,27-,28-,29-,30-,31+,32-,33+,34-/m1/s1. The Morgan fingerprint density at radius 2 is 0.790 bits per heavy atom. The van der Waals surface area contributed by atoms with Crippen LogP contribution in [0.4, 0.5) is 0 Å². The Kier molecular flexibility index (Phi) is 18.1. The van der Waals surface area contributed by atoms with E-state index in [1.165, 1.54) is 0 Å². The lowest BCUT2D eigenvalue weighted by molar-refractivity contribution is -0.383. The van der Waals surface area contributed by atoms with Crippen LogP contribution in [-0.2, 0) is 52.2 Å². The molecule has 17 N–H and O–H groups in total. The van der Waals surface area contributed by atoms with Crippen LogP contribution in [0.3, 0.4) is 0 Å². The molecule has 0 aliphatic carbocycles. The van der Waals surface area contributed by atoms with E-state index in [1.54, 1.807) is 0 Å². The van der Waals surface area contributed by atoms with Crippen molar-refractivity contribution in [2.45, 2.75) is 167 Å². The van der Waals surface area contributed by atoms with Crippen LogP contribution in [0.25, 0.3) is 0 Å². The van der Waals surface area contributed by atoms with Crippen molar-refractivity contribution in [2.24, 2.45) is 0 Å². The molecule has 2 amide bonds. The van der Waals surface area contributed by atoms with Crippen molar-refractivity contribution < 1.29 is 129 Å². The van der Waals surface area contributed by atoms with Gasteiger partial charge in [0.05, 0.1) is 33.0 Å². The molecule has 0 unspecified atom stereocenters. The van der Waals surface area contributed by atoms with Gasteiger partial charge in [-0.25, -0.2) is 0 Å². The van der Waals surface area contributed by atoms with E-state index < -0.39 is 198 Å². The molecule has 5 heterocycles. The third-order valence-electron chi connectivity index (χ3n) is 11.1. The topological polar surface area (TPSA) is 445 Å². The average Bonchev–Trinajstić information content (AvgIpc) is 3.23. The minimum absolute atomic E-state index is 0.689. The lowest BCUT2D eigenvalue weighted by atomic mass is 9.94. The van der Waals surface area contributed by atoms with Gasteiger partial charge in [0, 0.05) is 13.8 Å². The molecule has 0 aromatic rings. The monoisotopic (exact) mass is 910 g/mol. The molecule has 5 aliphatic heterocycles. The summed E-state index contributed by atoms with van der Waals surface area (Å²) in [4.78, 5) is 24.2. The number of nitrogens with one attached hydrogen (secondary N) is 2. The fourth-order valence-electron chi connectivity index (χ4n) is 7.74. The SMILES string of the molecule is CC(=O)N[C@@H]1[C@@H](O)[C@H](O[C@@H]2O[C@H](CO)[C@@H](O[C@H]3O[C@H](CO[C@@H]4O[C@H](CO)[C@@H](O)[C@H](O)[C@@H]4O)[C@@H](O[C@@H]4O[C@H](CO)[C@@H](O)[C@H](O)[C@@H]4O)[C@H](O)[C@@H]3O)[C@H](O)[C@H]2NC(C)=O)[C@@H](CO)O[C@H]1O. The maximum absolute atomic E-state index is 12.4. The summed E-state index contributed by atoms with van der Waals surface area (Å²) in [6, 6.07) is -3.17. The maximum Gasteiger partial charge on any atom is 0.217 e. The summed E-state index contributed by atoms with van der Waals surface area (Å²) in [5.41, 5.74) is 0. The molecule has 0 bridgehead atoms. The summed E-state index contributed by atoms with van der Waals surface area (Å²) < 4.78 is 50.9. The fraction of sp³-hybridized carbons (Fsp3) is 0.941. The maximum atomic E-state index is 12.4. The van der Waals surface area contributed by atoms with Gasteiger partial charge in [-0.1, -0.05) is 0 Å².